The lowest BCUT2D eigenvalue weighted by atomic mass is 9.98. The lowest BCUT2D eigenvalue weighted by Crippen LogP contribution is -2.46. The third-order valence-corrected chi connectivity index (χ3v) is 3.30. The molecule has 1 fully saturated rings. The van der Waals surface area contributed by atoms with Gasteiger partial charge in [0.15, 0.2) is 0 Å². The van der Waals surface area contributed by atoms with Gasteiger partial charge < -0.3 is 9.84 Å². The molecule has 0 aromatic rings. The van der Waals surface area contributed by atoms with Crippen molar-refractivity contribution in [1.29, 1.82) is 0 Å². The smallest absolute Gasteiger partial charge is 0.416 e. The molecule has 1 saturated heterocycles. The molecule has 0 spiro atoms. The standard InChI is InChI=1S/C12H21NO4/c1-5-10(14)8(4)11(15)13-9(7(2)3)6-17-12(13)16/h7-10,14H,5-6H2,1-4H3/t8-,9-,10-/m1/s1. The van der Waals surface area contributed by atoms with Crippen molar-refractivity contribution < 1.29 is 19.4 Å². The van der Waals surface area contributed by atoms with Crippen LogP contribution in [0, 0.1) is 11.8 Å². The van der Waals surface area contributed by atoms with Crippen LogP contribution in [0.25, 0.3) is 0 Å². The Hall–Kier alpha value is -1.10. The lowest BCUT2D eigenvalue weighted by Gasteiger charge is -2.26. The van der Waals surface area contributed by atoms with Crippen LogP contribution >= 0.6 is 0 Å². The first-order chi connectivity index (χ1) is 7.90. The SMILES string of the molecule is CC[C@@H](O)[C@@H](C)C(=O)N1C(=O)OC[C@@H]1C(C)C. The molecule has 1 N–H and O–H groups in total. The first-order valence-corrected chi connectivity index (χ1v) is 6.08. The maximum absolute atomic E-state index is 12.1. The molecule has 98 valence electrons. The quantitative estimate of drug-likeness (QED) is 0.810. The summed E-state index contributed by atoms with van der Waals surface area (Å²) in [5, 5.41) is 9.67. The van der Waals surface area contributed by atoms with Gasteiger partial charge in [-0.2, -0.15) is 0 Å². The monoisotopic (exact) mass is 243 g/mol. The minimum absolute atomic E-state index is 0.149. The number of aliphatic hydroxyl groups excluding tert-OH is 1. The number of carbonyl (C=O) groups excluding carboxylic acids is 2. The molecule has 17 heavy (non-hydrogen) atoms. The van der Waals surface area contributed by atoms with Gasteiger partial charge in [0.2, 0.25) is 5.91 Å². The van der Waals surface area contributed by atoms with E-state index in [9.17, 15) is 14.7 Å². The highest BCUT2D eigenvalue weighted by molar-refractivity contribution is 5.94. The van der Waals surface area contributed by atoms with E-state index >= 15 is 0 Å². The number of cyclic esters (lactones) is 1. The molecule has 1 rings (SSSR count). The van der Waals surface area contributed by atoms with Crippen molar-refractivity contribution in [3.63, 3.8) is 0 Å². The summed E-state index contributed by atoms with van der Waals surface area (Å²) in [6.45, 7) is 7.56. The molecule has 0 aliphatic carbocycles. The van der Waals surface area contributed by atoms with Gasteiger partial charge in [0.05, 0.1) is 18.1 Å². The number of amides is 2. The highest BCUT2D eigenvalue weighted by Crippen LogP contribution is 2.23. The van der Waals surface area contributed by atoms with Gasteiger partial charge in [-0.05, 0) is 12.3 Å². The zero-order valence-corrected chi connectivity index (χ0v) is 10.8. The van der Waals surface area contributed by atoms with E-state index in [1.165, 1.54) is 0 Å². The Morgan fingerprint density at radius 1 is 1.53 bits per heavy atom. The summed E-state index contributed by atoms with van der Waals surface area (Å²) in [5.74, 6) is -0.774. The van der Waals surface area contributed by atoms with E-state index in [1.807, 2.05) is 13.8 Å². The van der Waals surface area contributed by atoms with E-state index in [1.54, 1.807) is 13.8 Å². The van der Waals surface area contributed by atoms with Gasteiger partial charge in [0.25, 0.3) is 0 Å². The topological polar surface area (TPSA) is 66.8 Å². The van der Waals surface area contributed by atoms with Gasteiger partial charge in [-0.15, -0.1) is 0 Å². The van der Waals surface area contributed by atoms with Crippen molar-refractivity contribution >= 4 is 12.0 Å². The number of hydrogen-bond donors (Lipinski definition) is 1. The summed E-state index contributed by atoms with van der Waals surface area (Å²) in [5.41, 5.74) is 0. The Balaban J connectivity index is 2.82. The van der Waals surface area contributed by atoms with Crippen molar-refractivity contribution in [2.75, 3.05) is 6.61 Å². The largest absolute Gasteiger partial charge is 0.447 e. The second kappa shape index (κ2) is 5.49. The van der Waals surface area contributed by atoms with Crippen molar-refractivity contribution in [3.8, 4) is 0 Å². The van der Waals surface area contributed by atoms with Crippen molar-refractivity contribution in [3.05, 3.63) is 0 Å². The third kappa shape index (κ3) is 2.77. The molecule has 3 atom stereocenters. The average molecular weight is 243 g/mol. The van der Waals surface area contributed by atoms with Crippen molar-refractivity contribution in [2.45, 2.75) is 46.3 Å². The molecule has 0 aromatic heterocycles. The van der Waals surface area contributed by atoms with Crippen LogP contribution in [0.5, 0.6) is 0 Å². The van der Waals surface area contributed by atoms with Crippen LogP contribution in [0.2, 0.25) is 0 Å². The van der Waals surface area contributed by atoms with Gasteiger partial charge in [0.1, 0.15) is 6.61 Å². The summed E-state index contributed by atoms with van der Waals surface area (Å²) in [4.78, 5) is 24.8. The number of hydrogen-bond acceptors (Lipinski definition) is 4. The maximum Gasteiger partial charge on any atom is 0.416 e. The molecule has 0 unspecified atom stereocenters. The molecule has 0 aromatic carbocycles. The zero-order chi connectivity index (χ0) is 13.2. The Morgan fingerprint density at radius 3 is 2.59 bits per heavy atom. The molecule has 0 radical (unpaired) electrons. The molecule has 0 saturated carbocycles. The van der Waals surface area contributed by atoms with Crippen LogP contribution in [-0.2, 0) is 9.53 Å². The number of aliphatic hydroxyl groups is 1. The minimum atomic E-state index is -0.719. The van der Waals surface area contributed by atoms with Crippen LogP contribution in [0.3, 0.4) is 0 Å². The van der Waals surface area contributed by atoms with Crippen LogP contribution in [0.4, 0.5) is 4.79 Å². The highest BCUT2D eigenvalue weighted by atomic mass is 16.6. The molecular formula is C12H21NO4. The van der Waals surface area contributed by atoms with Crippen LogP contribution in [0.1, 0.15) is 34.1 Å². The van der Waals surface area contributed by atoms with E-state index in [0.29, 0.717) is 6.42 Å². The van der Waals surface area contributed by atoms with E-state index in [0.717, 1.165) is 4.90 Å². The van der Waals surface area contributed by atoms with Crippen LogP contribution in [0.15, 0.2) is 0 Å². The number of carbonyl (C=O) groups is 2. The summed E-state index contributed by atoms with van der Waals surface area (Å²) in [6, 6.07) is -0.221. The van der Waals surface area contributed by atoms with Crippen LogP contribution in [-0.4, -0.2) is 40.8 Å². The number of imide groups is 1. The summed E-state index contributed by atoms with van der Waals surface area (Å²) >= 11 is 0. The fourth-order valence-corrected chi connectivity index (χ4v) is 1.92. The first-order valence-electron chi connectivity index (χ1n) is 6.08. The third-order valence-electron chi connectivity index (χ3n) is 3.30. The molecule has 0 bridgehead atoms. The van der Waals surface area contributed by atoms with Gasteiger partial charge in [-0.25, -0.2) is 9.69 Å². The summed E-state index contributed by atoms with van der Waals surface area (Å²) in [7, 11) is 0. The molecule has 1 aliphatic heterocycles. The molecule has 5 nitrogen and oxygen atoms in total. The number of rotatable bonds is 4. The fraction of sp³-hybridized carbons (Fsp3) is 0.833. The molecule has 1 heterocycles. The van der Waals surface area contributed by atoms with E-state index < -0.39 is 18.1 Å². The van der Waals surface area contributed by atoms with Gasteiger partial charge >= 0.3 is 6.09 Å². The number of ether oxygens (including phenoxy) is 1. The average Bonchev–Trinajstić information content (AvgIpc) is 2.68. The predicted molar refractivity (Wildman–Crippen MR) is 62.3 cm³/mol. The van der Waals surface area contributed by atoms with Crippen molar-refractivity contribution in [2.24, 2.45) is 11.8 Å². The second-order valence-electron chi connectivity index (χ2n) is 4.86. The molecule has 1 aliphatic rings. The van der Waals surface area contributed by atoms with E-state index in [4.69, 9.17) is 4.74 Å². The first kappa shape index (κ1) is 14.0. The number of nitrogens with zero attached hydrogens (tertiary/aromatic N) is 1. The molecule has 5 heteroatoms. The van der Waals surface area contributed by atoms with Gasteiger partial charge in [-0.3, -0.25) is 4.79 Å². The Kier molecular flexibility index (Phi) is 4.51. The normalized spacial score (nSPS) is 23.8. The highest BCUT2D eigenvalue weighted by Gasteiger charge is 2.42. The predicted octanol–water partition coefficient (Wildman–Crippen LogP) is 1.40. The second-order valence-corrected chi connectivity index (χ2v) is 4.86. The Labute approximate surface area is 102 Å². The molecule has 2 amide bonds. The van der Waals surface area contributed by atoms with Crippen LogP contribution < -0.4 is 0 Å². The molecular weight excluding hydrogens is 222 g/mol. The Morgan fingerprint density at radius 2 is 2.12 bits per heavy atom. The Bertz CT molecular complexity index is 303. The van der Waals surface area contributed by atoms with Gasteiger partial charge in [-0.1, -0.05) is 27.7 Å². The van der Waals surface area contributed by atoms with E-state index in [-0.39, 0.29) is 24.5 Å². The minimum Gasteiger partial charge on any atom is -0.447 e. The maximum atomic E-state index is 12.1. The fourth-order valence-electron chi connectivity index (χ4n) is 1.92. The van der Waals surface area contributed by atoms with Crippen molar-refractivity contribution in [1.82, 2.24) is 4.90 Å². The summed E-state index contributed by atoms with van der Waals surface area (Å²) < 4.78 is 4.91. The van der Waals surface area contributed by atoms with E-state index in [2.05, 4.69) is 0 Å². The van der Waals surface area contributed by atoms with Gasteiger partial charge in [0, 0.05) is 0 Å². The lowest BCUT2D eigenvalue weighted by molar-refractivity contribution is -0.137. The zero-order valence-electron chi connectivity index (χ0n) is 10.8. The summed E-state index contributed by atoms with van der Waals surface area (Å²) in [6.07, 6.45) is -0.824.